The highest BCUT2D eigenvalue weighted by atomic mass is 19.1. The summed E-state index contributed by atoms with van der Waals surface area (Å²) in [6, 6.07) is 12.8. The van der Waals surface area contributed by atoms with Gasteiger partial charge in [0.1, 0.15) is 11.6 Å². The van der Waals surface area contributed by atoms with E-state index >= 15 is 0 Å². The molecule has 0 saturated carbocycles. The third kappa shape index (κ3) is 2.63. The zero-order chi connectivity index (χ0) is 15.7. The number of aromatic nitrogens is 2. The first-order valence-electron chi connectivity index (χ1n) is 6.96. The number of benzene rings is 2. The molecule has 0 bridgehead atoms. The third-order valence-electron chi connectivity index (χ3n) is 3.64. The number of halogens is 1. The maximum absolute atomic E-state index is 13.2. The van der Waals surface area contributed by atoms with Gasteiger partial charge in [-0.05, 0) is 36.8 Å². The van der Waals surface area contributed by atoms with Gasteiger partial charge in [0, 0.05) is 0 Å². The summed E-state index contributed by atoms with van der Waals surface area (Å²) in [6.45, 7) is 1.75. The molecule has 1 N–H and O–H groups in total. The standard InChI is InChI=1S/C17H15FN2O2/c1-11-19-15-8-3-2-7-14(15)17(22)20(11)10-16(21)12-5-4-6-13(18)9-12/h2-9,16,21H,10H2,1H3/t16-/m0/s1. The molecule has 0 fully saturated rings. The molecular formula is C17H15FN2O2. The van der Waals surface area contributed by atoms with Crippen LogP contribution in [0.25, 0.3) is 10.9 Å². The van der Waals surface area contributed by atoms with Crippen molar-refractivity contribution >= 4 is 10.9 Å². The molecule has 0 radical (unpaired) electrons. The Bertz CT molecular complexity index is 889. The second kappa shape index (κ2) is 5.69. The molecule has 0 aliphatic heterocycles. The lowest BCUT2D eigenvalue weighted by Gasteiger charge is -2.15. The molecule has 0 saturated heterocycles. The van der Waals surface area contributed by atoms with E-state index < -0.39 is 11.9 Å². The number of aryl methyl sites for hydroxylation is 1. The largest absolute Gasteiger partial charge is 0.387 e. The van der Waals surface area contributed by atoms with Crippen LogP contribution in [0.5, 0.6) is 0 Å². The topological polar surface area (TPSA) is 55.1 Å². The third-order valence-corrected chi connectivity index (χ3v) is 3.64. The molecule has 1 atom stereocenters. The summed E-state index contributed by atoms with van der Waals surface area (Å²) in [6.07, 6.45) is -0.977. The first-order valence-corrected chi connectivity index (χ1v) is 6.96. The Balaban J connectivity index is 2.02. The van der Waals surface area contributed by atoms with E-state index in [2.05, 4.69) is 4.98 Å². The van der Waals surface area contributed by atoms with Gasteiger partial charge >= 0.3 is 0 Å². The summed E-state index contributed by atoms with van der Waals surface area (Å²) in [5.74, 6) is 0.0939. The lowest BCUT2D eigenvalue weighted by molar-refractivity contribution is 0.153. The quantitative estimate of drug-likeness (QED) is 0.808. The highest BCUT2D eigenvalue weighted by molar-refractivity contribution is 5.77. The molecule has 5 heteroatoms. The van der Waals surface area contributed by atoms with Gasteiger partial charge in [-0.25, -0.2) is 9.37 Å². The summed E-state index contributed by atoms with van der Waals surface area (Å²) in [5, 5.41) is 10.8. The summed E-state index contributed by atoms with van der Waals surface area (Å²) in [4.78, 5) is 16.9. The Morgan fingerprint density at radius 2 is 2.00 bits per heavy atom. The fourth-order valence-electron chi connectivity index (χ4n) is 2.49. The van der Waals surface area contributed by atoms with Crippen molar-refractivity contribution in [3.63, 3.8) is 0 Å². The second-order valence-corrected chi connectivity index (χ2v) is 5.16. The van der Waals surface area contributed by atoms with Crippen LogP contribution in [-0.4, -0.2) is 14.7 Å². The molecule has 22 heavy (non-hydrogen) atoms. The lowest BCUT2D eigenvalue weighted by atomic mass is 10.1. The Morgan fingerprint density at radius 3 is 2.77 bits per heavy atom. The molecule has 0 aliphatic rings. The van der Waals surface area contributed by atoms with Crippen molar-refractivity contribution in [3.8, 4) is 0 Å². The van der Waals surface area contributed by atoms with Crippen LogP contribution in [-0.2, 0) is 6.54 Å². The fraction of sp³-hybridized carbons (Fsp3) is 0.176. The molecule has 0 spiro atoms. The predicted octanol–water partition coefficient (Wildman–Crippen LogP) is 2.58. The van der Waals surface area contributed by atoms with Crippen molar-refractivity contribution in [3.05, 3.63) is 76.1 Å². The van der Waals surface area contributed by atoms with Crippen LogP contribution in [0.3, 0.4) is 0 Å². The minimum atomic E-state index is -0.977. The van der Waals surface area contributed by atoms with Crippen molar-refractivity contribution in [1.82, 2.24) is 9.55 Å². The van der Waals surface area contributed by atoms with Gasteiger partial charge in [0.15, 0.2) is 0 Å². The van der Waals surface area contributed by atoms with Crippen LogP contribution in [0.1, 0.15) is 17.5 Å². The molecule has 2 aromatic carbocycles. The van der Waals surface area contributed by atoms with Crippen LogP contribution in [0.15, 0.2) is 53.3 Å². The van der Waals surface area contributed by atoms with Crippen LogP contribution < -0.4 is 5.56 Å². The van der Waals surface area contributed by atoms with Gasteiger partial charge in [-0.2, -0.15) is 0 Å². The average Bonchev–Trinajstić information content (AvgIpc) is 2.51. The summed E-state index contributed by atoms with van der Waals surface area (Å²) < 4.78 is 14.7. The molecule has 0 unspecified atom stereocenters. The van der Waals surface area contributed by atoms with Gasteiger partial charge in [-0.1, -0.05) is 24.3 Å². The van der Waals surface area contributed by atoms with Gasteiger partial charge in [0.2, 0.25) is 0 Å². The molecule has 112 valence electrons. The van der Waals surface area contributed by atoms with Gasteiger partial charge in [0.05, 0.1) is 23.6 Å². The lowest BCUT2D eigenvalue weighted by Crippen LogP contribution is -2.26. The molecular weight excluding hydrogens is 283 g/mol. The van der Waals surface area contributed by atoms with E-state index in [9.17, 15) is 14.3 Å². The summed E-state index contributed by atoms with van der Waals surface area (Å²) in [5.41, 5.74) is 0.847. The van der Waals surface area contributed by atoms with E-state index in [0.29, 0.717) is 22.3 Å². The van der Waals surface area contributed by atoms with Crippen molar-refractivity contribution in [2.75, 3.05) is 0 Å². The van der Waals surface area contributed by atoms with Gasteiger partial charge in [-0.3, -0.25) is 9.36 Å². The normalized spacial score (nSPS) is 12.5. The Morgan fingerprint density at radius 1 is 1.23 bits per heavy atom. The van der Waals surface area contributed by atoms with Crippen molar-refractivity contribution in [2.24, 2.45) is 0 Å². The van der Waals surface area contributed by atoms with Crippen LogP contribution in [0, 0.1) is 12.7 Å². The van der Waals surface area contributed by atoms with E-state index in [1.54, 1.807) is 31.2 Å². The number of hydrogen-bond acceptors (Lipinski definition) is 3. The predicted molar refractivity (Wildman–Crippen MR) is 82.1 cm³/mol. The monoisotopic (exact) mass is 298 g/mol. The number of rotatable bonds is 3. The molecule has 0 amide bonds. The van der Waals surface area contributed by atoms with E-state index in [1.165, 1.54) is 22.8 Å². The first-order chi connectivity index (χ1) is 10.6. The Kier molecular flexibility index (Phi) is 3.73. The molecule has 3 aromatic rings. The number of nitrogens with zero attached hydrogens (tertiary/aromatic N) is 2. The maximum Gasteiger partial charge on any atom is 0.261 e. The van der Waals surface area contributed by atoms with Crippen LogP contribution >= 0.6 is 0 Å². The number of fused-ring (bicyclic) bond motifs is 1. The minimum Gasteiger partial charge on any atom is -0.387 e. The highest BCUT2D eigenvalue weighted by Gasteiger charge is 2.14. The highest BCUT2D eigenvalue weighted by Crippen LogP contribution is 2.17. The zero-order valence-corrected chi connectivity index (χ0v) is 12.0. The van der Waals surface area contributed by atoms with E-state index in [0.717, 1.165) is 0 Å². The minimum absolute atomic E-state index is 0.0337. The number of hydrogen-bond donors (Lipinski definition) is 1. The Hall–Kier alpha value is -2.53. The first kappa shape index (κ1) is 14.4. The van der Waals surface area contributed by atoms with Crippen LogP contribution in [0.4, 0.5) is 4.39 Å². The molecule has 0 aliphatic carbocycles. The smallest absolute Gasteiger partial charge is 0.261 e. The number of para-hydroxylation sites is 1. The van der Waals surface area contributed by atoms with Gasteiger partial charge < -0.3 is 5.11 Å². The van der Waals surface area contributed by atoms with E-state index in [-0.39, 0.29) is 12.1 Å². The van der Waals surface area contributed by atoms with Crippen molar-refractivity contribution < 1.29 is 9.50 Å². The summed E-state index contributed by atoms with van der Waals surface area (Å²) >= 11 is 0. The van der Waals surface area contributed by atoms with Crippen LogP contribution in [0.2, 0.25) is 0 Å². The van der Waals surface area contributed by atoms with E-state index in [1.807, 2.05) is 6.07 Å². The molecule has 4 nitrogen and oxygen atoms in total. The van der Waals surface area contributed by atoms with Gasteiger partial charge in [-0.15, -0.1) is 0 Å². The molecule has 1 heterocycles. The maximum atomic E-state index is 13.2. The number of aliphatic hydroxyl groups is 1. The van der Waals surface area contributed by atoms with Crippen molar-refractivity contribution in [1.29, 1.82) is 0 Å². The summed E-state index contributed by atoms with van der Waals surface area (Å²) in [7, 11) is 0. The number of aliphatic hydroxyl groups excluding tert-OH is 1. The zero-order valence-electron chi connectivity index (χ0n) is 12.0. The molecule has 3 rings (SSSR count). The van der Waals surface area contributed by atoms with Gasteiger partial charge in [0.25, 0.3) is 5.56 Å². The van der Waals surface area contributed by atoms with E-state index in [4.69, 9.17) is 0 Å². The Labute approximate surface area is 126 Å². The second-order valence-electron chi connectivity index (χ2n) is 5.16. The fourth-order valence-corrected chi connectivity index (χ4v) is 2.49. The SMILES string of the molecule is Cc1nc2ccccc2c(=O)n1C[C@H](O)c1cccc(F)c1. The van der Waals surface area contributed by atoms with Crippen molar-refractivity contribution in [2.45, 2.75) is 19.6 Å². The average molecular weight is 298 g/mol. The molecule has 1 aromatic heterocycles.